The Balaban J connectivity index is 0.000000320. The highest BCUT2D eigenvalue weighted by Crippen LogP contribution is 2.62. The molecule has 0 saturated carbocycles. The predicted octanol–water partition coefficient (Wildman–Crippen LogP) is 10.5. The Kier molecular flexibility index (Phi) is 19.1. The molecule has 1 aromatic heterocycles. The maximum Gasteiger partial charge on any atom is 0.356 e. The molecule has 2 aromatic carbocycles. The number of carbonyl (C=O) groups is 1. The molecule has 0 radical (unpaired) electrons. The average molecular weight is 742 g/mol. The van der Waals surface area contributed by atoms with E-state index >= 15 is 0 Å². The average Bonchev–Trinajstić information content (AvgIpc) is 2.93. The van der Waals surface area contributed by atoms with Crippen molar-refractivity contribution in [1.82, 2.24) is 4.98 Å². The van der Waals surface area contributed by atoms with Crippen molar-refractivity contribution in [3.05, 3.63) is 79.5 Å². The van der Waals surface area contributed by atoms with Gasteiger partial charge in [0, 0.05) is 22.1 Å². The number of nitrogens with zero attached hydrogens (tertiary/aromatic N) is 1. The van der Waals surface area contributed by atoms with Crippen LogP contribution in [-0.4, -0.2) is 48.6 Å². The number of pyridine rings is 1. The lowest BCUT2D eigenvalue weighted by Gasteiger charge is -2.19. The van der Waals surface area contributed by atoms with E-state index in [0.29, 0.717) is 34.8 Å². The number of methoxy groups -OCH3 is 2. The van der Waals surface area contributed by atoms with Gasteiger partial charge in [0.1, 0.15) is 16.7 Å². The molecule has 0 atom stereocenters. The first kappa shape index (κ1) is 38.4. The van der Waals surface area contributed by atoms with Crippen molar-refractivity contribution in [3.63, 3.8) is 0 Å². The van der Waals surface area contributed by atoms with Crippen LogP contribution in [0.5, 0.6) is 11.5 Å². The Morgan fingerprint density at radius 3 is 1.80 bits per heavy atom. The van der Waals surface area contributed by atoms with E-state index in [-0.39, 0.29) is 15.9 Å². The number of aromatic carboxylic acids is 1. The predicted molar refractivity (Wildman–Crippen MR) is 178 cm³/mol. The second kappa shape index (κ2) is 20.4. The van der Waals surface area contributed by atoms with Gasteiger partial charge < -0.3 is 23.6 Å². The zero-order valence-corrected chi connectivity index (χ0v) is 29.4. The van der Waals surface area contributed by atoms with Crippen molar-refractivity contribution in [1.29, 1.82) is 0 Å². The van der Waals surface area contributed by atoms with Crippen LogP contribution in [0.3, 0.4) is 0 Å². The van der Waals surface area contributed by atoms with Crippen molar-refractivity contribution in [2.75, 3.05) is 32.5 Å². The van der Waals surface area contributed by atoms with Crippen LogP contribution in [-0.2, 0) is 20.9 Å². The molecular formula is C25H27Cl5NO6PS3. The lowest BCUT2D eigenvalue weighted by atomic mass is 10.3. The Hall–Kier alpha value is -0.620. The number of aromatic nitrogens is 1. The van der Waals surface area contributed by atoms with Gasteiger partial charge in [-0.3, -0.25) is 0 Å². The highest BCUT2D eigenvalue weighted by molar-refractivity contribution is 8.69. The molecule has 0 unspecified atom stereocenters. The fourth-order valence-electron chi connectivity index (χ4n) is 2.51. The second-order valence-electron chi connectivity index (χ2n) is 7.02. The number of rotatable bonds is 11. The molecule has 0 saturated heterocycles. The van der Waals surface area contributed by atoms with E-state index in [1.165, 1.54) is 31.2 Å². The Bertz CT molecular complexity index is 1270. The number of benzene rings is 2. The number of hydrogen-bond donors (Lipinski definition) is 1. The van der Waals surface area contributed by atoms with E-state index in [1.54, 1.807) is 35.3 Å². The van der Waals surface area contributed by atoms with Crippen LogP contribution in [0.15, 0.2) is 53.4 Å². The maximum absolute atomic E-state index is 10.4. The summed E-state index contributed by atoms with van der Waals surface area (Å²) in [5, 5.41) is 11.2. The zero-order valence-electron chi connectivity index (χ0n) is 22.2. The van der Waals surface area contributed by atoms with Crippen LogP contribution < -0.4 is 9.47 Å². The van der Waals surface area contributed by atoms with E-state index in [0.717, 1.165) is 10.1 Å². The van der Waals surface area contributed by atoms with E-state index in [1.807, 2.05) is 38.1 Å². The topological polar surface area (TPSA) is 87.1 Å². The summed E-state index contributed by atoms with van der Waals surface area (Å²) >= 11 is 37.1. The molecule has 7 nitrogen and oxygen atoms in total. The summed E-state index contributed by atoms with van der Waals surface area (Å²) in [5.41, 5.74) is -2.39. The van der Waals surface area contributed by atoms with Crippen LogP contribution in [0.2, 0.25) is 25.2 Å². The Labute approximate surface area is 278 Å². The van der Waals surface area contributed by atoms with Gasteiger partial charge in [0.05, 0.1) is 47.6 Å². The molecule has 16 heteroatoms. The van der Waals surface area contributed by atoms with Gasteiger partial charge in [0.25, 0.3) is 0 Å². The molecule has 0 spiro atoms. The van der Waals surface area contributed by atoms with Crippen molar-refractivity contribution < 1.29 is 28.4 Å². The molecule has 226 valence electrons. The van der Waals surface area contributed by atoms with Gasteiger partial charge in [0.15, 0.2) is 5.69 Å². The molecule has 0 fully saturated rings. The normalized spacial score (nSPS) is 10.6. The van der Waals surface area contributed by atoms with Crippen LogP contribution in [0.1, 0.15) is 24.3 Å². The molecule has 3 aromatic rings. The second-order valence-corrected chi connectivity index (χ2v) is 16.8. The van der Waals surface area contributed by atoms with E-state index in [9.17, 15) is 4.79 Å². The monoisotopic (exact) mass is 739 g/mol. The third kappa shape index (κ3) is 14.6. The lowest BCUT2D eigenvalue weighted by Crippen LogP contribution is -2.00. The highest BCUT2D eigenvalue weighted by atomic mass is 35.5. The molecule has 0 aliphatic heterocycles. The summed E-state index contributed by atoms with van der Waals surface area (Å²) in [6.45, 7) is 5.06. The van der Waals surface area contributed by atoms with Crippen LogP contribution >= 0.6 is 86.8 Å². The first-order valence-electron chi connectivity index (χ1n) is 11.4. The summed E-state index contributed by atoms with van der Waals surface area (Å²) < 4.78 is 21.0. The molecule has 0 aliphatic carbocycles. The first-order chi connectivity index (χ1) is 19.4. The van der Waals surface area contributed by atoms with Crippen molar-refractivity contribution >= 4 is 105 Å². The lowest BCUT2D eigenvalue weighted by molar-refractivity contribution is 0.0690. The number of carboxylic acids is 1. The number of ether oxygens (including phenoxy) is 2. The molecule has 1 N–H and O–H groups in total. The number of thioether (sulfide) groups is 1. The molecule has 3 rings (SSSR count). The molecule has 0 aliphatic rings. The summed E-state index contributed by atoms with van der Waals surface area (Å²) in [6, 6.07) is 13.8. The number of carboxylic acid groups (broad SMARTS) is 1. The minimum atomic E-state index is -2.16. The van der Waals surface area contributed by atoms with E-state index < -0.39 is 11.7 Å². The van der Waals surface area contributed by atoms with Gasteiger partial charge in [-0.25, -0.2) is 9.78 Å². The fourth-order valence-corrected chi connectivity index (χ4v) is 10.4. The van der Waals surface area contributed by atoms with Gasteiger partial charge >= 0.3 is 5.97 Å². The zero-order chi connectivity index (χ0) is 31.0. The van der Waals surface area contributed by atoms with Gasteiger partial charge in [-0.05, 0) is 62.1 Å². The van der Waals surface area contributed by atoms with Crippen LogP contribution in [0, 0.1) is 0 Å². The molecular weight excluding hydrogens is 715 g/mol. The standard InChI is InChI=1S/C11H16ClO2PS3.C8H8Cl2O2.C6H3Cl2NO2/c1-3-13-15(16,14-4-2)18-9-17-11-7-5-10(12)6-8-11;1-11-7-3-6(10)8(12-2)4-5(7)9;7-3-1-2-4(8)9-5(3)6(10)11/h5-8H,3-4,9H2,1-2H3;3-4H,1-2H3;1-2H,(H,10,11). The third-order valence-corrected chi connectivity index (χ3v) is 12.7. The molecule has 41 heavy (non-hydrogen) atoms. The molecule has 1 heterocycles. The minimum absolute atomic E-state index is 0.0851. The highest BCUT2D eigenvalue weighted by Gasteiger charge is 2.18. The van der Waals surface area contributed by atoms with Crippen molar-refractivity contribution in [2.45, 2.75) is 18.7 Å². The smallest absolute Gasteiger partial charge is 0.356 e. The maximum atomic E-state index is 10.4. The van der Waals surface area contributed by atoms with E-state index in [4.69, 9.17) is 93.4 Å². The molecule has 0 amide bonds. The summed E-state index contributed by atoms with van der Waals surface area (Å²) in [5.74, 6) is -0.0950. The minimum Gasteiger partial charge on any atom is -0.495 e. The third-order valence-electron chi connectivity index (χ3n) is 4.27. The van der Waals surface area contributed by atoms with Gasteiger partial charge in [-0.15, -0.1) is 11.8 Å². The molecule has 0 bridgehead atoms. The quantitative estimate of drug-likeness (QED) is 0.0887. The largest absolute Gasteiger partial charge is 0.495 e. The SMILES string of the molecule is CCOP(=S)(OCC)SCSc1ccc(Cl)cc1.COc1cc(Cl)c(OC)cc1Cl.O=C(O)c1nc(Cl)ccc1Cl. The summed E-state index contributed by atoms with van der Waals surface area (Å²) in [6.07, 6.45) is 0. The first-order valence-corrected chi connectivity index (χ1v) is 18.5. The Morgan fingerprint density at radius 2 is 1.39 bits per heavy atom. The van der Waals surface area contributed by atoms with Crippen molar-refractivity contribution in [2.24, 2.45) is 0 Å². The fraction of sp³-hybridized carbons (Fsp3) is 0.280. The van der Waals surface area contributed by atoms with E-state index in [2.05, 4.69) is 4.98 Å². The van der Waals surface area contributed by atoms with Gasteiger partial charge in [-0.1, -0.05) is 69.4 Å². The van der Waals surface area contributed by atoms with Crippen LogP contribution in [0.25, 0.3) is 0 Å². The van der Waals surface area contributed by atoms with Crippen LogP contribution in [0.4, 0.5) is 0 Å². The number of hydrogen-bond acceptors (Lipinski definition) is 9. The van der Waals surface area contributed by atoms with Crippen molar-refractivity contribution in [3.8, 4) is 11.5 Å². The van der Waals surface area contributed by atoms with Gasteiger partial charge in [-0.2, -0.15) is 0 Å². The summed E-state index contributed by atoms with van der Waals surface area (Å²) in [4.78, 5) is 15.0. The number of halogens is 5. The Morgan fingerprint density at radius 1 is 0.878 bits per heavy atom. The van der Waals surface area contributed by atoms with Gasteiger partial charge in [0.2, 0.25) is 5.69 Å². The summed E-state index contributed by atoms with van der Waals surface area (Å²) in [7, 11) is 3.06.